The Morgan fingerprint density at radius 1 is 0.308 bits per heavy atom. The molecule has 0 aliphatic rings. The first-order chi connectivity index (χ1) is 44.1. The molecule has 0 fully saturated rings. The maximum atomic E-state index is 13.0. The van der Waals surface area contributed by atoms with Crippen LogP contribution >= 0.6 is 15.6 Å². The van der Waals surface area contributed by atoms with Crippen LogP contribution in [0.15, 0.2) is 0 Å². The second-order valence-electron chi connectivity index (χ2n) is 26.2. The van der Waals surface area contributed by atoms with Crippen molar-refractivity contribution in [3.8, 4) is 0 Å². The summed E-state index contributed by atoms with van der Waals surface area (Å²) in [5.74, 6) is -1.35. The average molecular weight is 1340 g/mol. The quantitative estimate of drug-likeness (QED) is 0.0222. The van der Waals surface area contributed by atoms with Gasteiger partial charge in [0, 0.05) is 25.7 Å². The Kier molecular flexibility index (Phi) is 64.0. The van der Waals surface area contributed by atoms with Crippen molar-refractivity contribution in [3.05, 3.63) is 0 Å². The largest absolute Gasteiger partial charge is 0.472 e. The van der Waals surface area contributed by atoms with E-state index in [1.54, 1.807) is 0 Å². The molecular formula is C72H140O17P2. The molecule has 0 bridgehead atoms. The lowest BCUT2D eigenvalue weighted by molar-refractivity contribution is -0.161. The predicted octanol–water partition coefficient (Wildman–Crippen LogP) is 20.9. The third-order valence-electron chi connectivity index (χ3n) is 17.1. The van der Waals surface area contributed by atoms with E-state index in [4.69, 9.17) is 37.0 Å². The van der Waals surface area contributed by atoms with Gasteiger partial charge in [-0.05, 0) is 31.6 Å². The van der Waals surface area contributed by atoms with E-state index in [0.717, 1.165) is 95.8 Å². The van der Waals surface area contributed by atoms with Gasteiger partial charge < -0.3 is 33.8 Å². The number of carbonyl (C=O) groups excluding carboxylic acids is 4. The Morgan fingerprint density at radius 3 is 0.780 bits per heavy atom. The highest BCUT2D eigenvalue weighted by atomic mass is 31.2. The lowest BCUT2D eigenvalue weighted by Crippen LogP contribution is -2.30. The summed E-state index contributed by atoms with van der Waals surface area (Å²) in [6.45, 7) is 7.25. The monoisotopic (exact) mass is 1340 g/mol. The number of aliphatic hydroxyl groups excluding tert-OH is 1. The number of carbonyl (C=O) groups is 4. The molecule has 540 valence electrons. The second-order valence-corrected chi connectivity index (χ2v) is 29.1. The van der Waals surface area contributed by atoms with E-state index in [2.05, 4.69) is 34.6 Å². The number of esters is 4. The molecule has 0 aliphatic heterocycles. The molecule has 0 aromatic carbocycles. The molecule has 0 aliphatic carbocycles. The fraction of sp³-hybridized carbons (Fsp3) is 0.944. The SMILES string of the molecule is CCCCCCCCCCCCCCCCCCCC(=O)O[C@H](COC(=O)CCCCCCCCCCCCCCC)COP(=O)(O)OC[C@@H](O)COP(=O)(O)OC[C@@H](COC(=O)CCCCCCCCCCC)OC(=O)CCCCCCCCCCC(C)CC. The van der Waals surface area contributed by atoms with Crippen LogP contribution in [-0.2, 0) is 65.4 Å². The van der Waals surface area contributed by atoms with E-state index < -0.39 is 97.5 Å². The fourth-order valence-electron chi connectivity index (χ4n) is 11.0. The molecule has 0 heterocycles. The van der Waals surface area contributed by atoms with E-state index in [0.29, 0.717) is 25.7 Å². The van der Waals surface area contributed by atoms with Gasteiger partial charge in [-0.15, -0.1) is 0 Å². The van der Waals surface area contributed by atoms with Crippen LogP contribution in [0.5, 0.6) is 0 Å². The second kappa shape index (κ2) is 65.4. The standard InChI is InChI=1S/C72H140O17P2/c1-6-10-13-16-19-22-24-26-27-28-29-31-33-36-42-47-52-57-71(76)88-67(62-83-70(75)56-51-46-41-35-32-30-25-23-20-17-14-11-7-2)63-86-90(78,79)84-59-66(73)60-85-91(80,81)87-64-68(61-82-69(74)55-50-45-40-34-21-18-15-12-8-3)89-72(77)58-53-48-43-38-37-39-44-49-54-65(5)9-4/h65-68,73H,6-64H2,1-5H3,(H,78,79)(H,80,81)/t65?,66-,67-,68-/m1/s1. The summed E-state index contributed by atoms with van der Waals surface area (Å²) < 4.78 is 68.3. The molecule has 0 saturated heterocycles. The van der Waals surface area contributed by atoms with Crippen molar-refractivity contribution in [2.45, 2.75) is 393 Å². The van der Waals surface area contributed by atoms with Gasteiger partial charge in [0.15, 0.2) is 12.2 Å². The summed E-state index contributed by atoms with van der Waals surface area (Å²) in [5, 5.41) is 10.6. The van der Waals surface area contributed by atoms with Crippen LogP contribution in [0.3, 0.4) is 0 Å². The number of ether oxygens (including phenoxy) is 4. The van der Waals surface area contributed by atoms with E-state index >= 15 is 0 Å². The number of phosphoric ester groups is 2. The molecule has 91 heavy (non-hydrogen) atoms. The lowest BCUT2D eigenvalue weighted by atomic mass is 9.99. The molecule has 0 spiro atoms. The van der Waals surface area contributed by atoms with Crippen molar-refractivity contribution < 1.29 is 80.2 Å². The molecule has 0 aromatic heterocycles. The van der Waals surface area contributed by atoms with Gasteiger partial charge in [-0.1, -0.05) is 324 Å². The van der Waals surface area contributed by atoms with Crippen molar-refractivity contribution in [1.29, 1.82) is 0 Å². The van der Waals surface area contributed by atoms with Gasteiger partial charge in [0.1, 0.15) is 19.3 Å². The number of rotatable bonds is 72. The zero-order valence-electron chi connectivity index (χ0n) is 59.0. The first-order valence-corrected chi connectivity index (χ1v) is 40.7. The highest BCUT2D eigenvalue weighted by Crippen LogP contribution is 2.45. The molecule has 0 radical (unpaired) electrons. The van der Waals surface area contributed by atoms with Crippen LogP contribution in [0.25, 0.3) is 0 Å². The summed E-state index contributed by atoms with van der Waals surface area (Å²) in [4.78, 5) is 72.6. The van der Waals surface area contributed by atoms with Crippen molar-refractivity contribution in [2.75, 3.05) is 39.6 Å². The Morgan fingerprint density at radius 2 is 0.527 bits per heavy atom. The summed E-state index contributed by atoms with van der Waals surface area (Å²) in [6.07, 6.45) is 52.6. The zero-order valence-corrected chi connectivity index (χ0v) is 60.8. The number of unbranched alkanes of at least 4 members (excludes halogenated alkanes) is 43. The minimum Gasteiger partial charge on any atom is -0.462 e. The lowest BCUT2D eigenvalue weighted by Gasteiger charge is -2.21. The molecule has 0 rings (SSSR count). The molecule has 17 nitrogen and oxygen atoms in total. The maximum absolute atomic E-state index is 13.0. The highest BCUT2D eigenvalue weighted by molar-refractivity contribution is 7.47. The zero-order chi connectivity index (χ0) is 67.0. The smallest absolute Gasteiger partial charge is 0.462 e. The van der Waals surface area contributed by atoms with Gasteiger partial charge in [0.05, 0.1) is 26.4 Å². The number of hydrogen-bond acceptors (Lipinski definition) is 15. The molecule has 3 N–H and O–H groups in total. The van der Waals surface area contributed by atoms with E-state index in [9.17, 15) is 43.2 Å². The van der Waals surface area contributed by atoms with Gasteiger partial charge in [-0.3, -0.25) is 37.3 Å². The van der Waals surface area contributed by atoms with Gasteiger partial charge in [-0.2, -0.15) is 0 Å². The first kappa shape index (κ1) is 89.1. The first-order valence-electron chi connectivity index (χ1n) is 37.7. The Balaban J connectivity index is 5.23. The average Bonchev–Trinajstić information content (AvgIpc) is 3.42. The van der Waals surface area contributed by atoms with Gasteiger partial charge in [-0.25, -0.2) is 9.13 Å². The van der Waals surface area contributed by atoms with Crippen LogP contribution in [-0.4, -0.2) is 96.7 Å². The third kappa shape index (κ3) is 65.1. The number of aliphatic hydroxyl groups is 1. The fourth-order valence-corrected chi connectivity index (χ4v) is 12.5. The molecule has 0 amide bonds. The van der Waals surface area contributed by atoms with Crippen LogP contribution in [0.4, 0.5) is 0 Å². The summed E-state index contributed by atoms with van der Waals surface area (Å²) >= 11 is 0. The van der Waals surface area contributed by atoms with Crippen molar-refractivity contribution in [2.24, 2.45) is 5.92 Å². The number of hydrogen-bond donors (Lipinski definition) is 3. The predicted molar refractivity (Wildman–Crippen MR) is 368 cm³/mol. The molecule has 3 unspecified atom stereocenters. The van der Waals surface area contributed by atoms with Gasteiger partial charge in [0.2, 0.25) is 0 Å². The summed E-state index contributed by atoms with van der Waals surface area (Å²) in [6, 6.07) is 0. The Labute approximate surface area is 556 Å². The van der Waals surface area contributed by atoms with Crippen molar-refractivity contribution in [3.63, 3.8) is 0 Å². The van der Waals surface area contributed by atoms with Gasteiger partial charge >= 0.3 is 39.5 Å². The minimum atomic E-state index is -4.95. The molecule has 6 atom stereocenters. The van der Waals surface area contributed by atoms with E-state index in [-0.39, 0.29) is 25.7 Å². The Bertz CT molecular complexity index is 1760. The topological polar surface area (TPSA) is 237 Å². The normalized spacial score (nSPS) is 14.3. The van der Waals surface area contributed by atoms with Gasteiger partial charge in [0.25, 0.3) is 0 Å². The van der Waals surface area contributed by atoms with E-state index in [1.807, 2.05) is 0 Å². The maximum Gasteiger partial charge on any atom is 0.472 e. The summed E-state index contributed by atoms with van der Waals surface area (Å²) in [5.41, 5.74) is 0. The van der Waals surface area contributed by atoms with E-state index in [1.165, 1.54) is 199 Å². The third-order valence-corrected chi connectivity index (χ3v) is 19.0. The van der Waals surface area contributed by atoms with Crippen LogP contribution in [0.2, 0.25) is 0 Å². The highest BCUT2D eigenvalue weighted by Gasteiger charge is 2.30. The van der Waals surface area contributed by atoms with Crippen LogP contribution in [0, 0.1) is 5.92 Å². The van der Waals surface area contributed by atoms with Crippen molar-refractivity contribution >= 4 is 39.5 Å². The van der Waals surface area contributed by atoms with Crippen LogP contribution in [0.1, 0.15) is 375 Å². The molecular weight excluding hydrogens is 1200 g/mol. The Hall–Kier alpha value is -1.94. The molecule has 19 heteroatoms. The van der Waals surface area contributed by atoms with Crippen LogP contribution < -0.4 is 0 Å². The summed E-state index contributed by atoms with van der Waals surface area (Å²) in [7, 11) is -9.90. The van der Waals surface area contributed by atoms with Crippen molar-refractivity contribution in [1.82, 2.24) is 0 Å². The number of phosphoric acid groups is 2. The molecule has 0 saturated carbocycles. The minimum absolute atomic E-state index is 0.105. The molecule has 0 aromatic rings.